The van der Waals surface area contributed by atoms with Crippen molar-refractivity contribution in [1.82, 2.24) is 10.2 Å². The smallest absolute Gasteiger partial charge is 0.303 e. The van der Waals surface area contributed by atoms with Crippen LogP contribution in [0.1, 0.15) is 39.3 Å². The number of piperazine rings is 1. The highest BCUT2D eigenvalue weighted by molar-refractivity contribution is 7.12. The summed E-state index contributed by atoms with van der Waals surface area (Å²) in [7, 11) is 0. The van der Waals surface area contributed by atoms with Gasteiger partial charge in [0.2, 0.25) is 0 Å². The zero-order valence-corrected chi connectivity index (χ0v) is 21.1. The lowest BCUT2D eigenvalue weighted by molar-refractivity contribution is -0.143. The molecule has 2 aliphatic heterocycles. The van der Waals surface area contributed by atoms with Crippen LogP contribution in [0.4, 0.5) is 5.69 Å². The van der Waals surface area contributed by atoms with Crippen molar-refractivity contribution in [1.29, 1.82) is 0 Å². The Hall–Kier alpha value is -3.49. The molecule has 0 unspecified atom stereocenters. The van der Waals surface area contributed by atoms with E-state index in [2.05, 4.69) is 77.8 Å². The van der Waals surface area contributed by atoms with Crippen LogP contribution in [0.3, 0.4) is 0 Å². The number of carboxylic acid groups (broad SMARTS) is 2. The Morgan fingerprint density at radius 1 is 1.06 bits per heavy atom. The number of benzene rings is 2. The van der Waals surface area contributed by atoms with Gasteiger partial charge in [-0.25, -0.2) is 4.99 Å². The fraction of sp³-hybridized carbons (Fsp3) is 0.321. The number of aliphatic carboxylic acids is 2. The summed E-state index contributed by atoms with van der Waals surface area (Å²) in [4.78, 5) is 29.8. The van der Waals surface area contributed by atoms with Crippen LogP contribution in [0.15, 0.2) is 65.7 Å². The van der Waals surface area contributed by atoms with Crippen LogP contribution in [-0.2, 0) is 22.4 Å². The second-order valence-corrected chi connectivity index (χ2v) is 10.3. The molecule has 0 amide bonds. The van der Waals surface area contributed by atoms with Crippen LogP contribution in [-0.4, -0.2) is 58.6 Å². The highest BCUT2D eigenvalue weighted by Crippen LogP contribution is 2.34. The van der Waals surface area contributed by atoms with Crippen LogP contribution in [0.25, 0.3) is 0 Å². The first-order valence-corrected chi connectivity index (χ1v) is 12.9. The number of nitrogens with zero attached hydrogens (tertiary/aromatic N) is 2. The standard InChI is InChI=1S/C24H25N3S.C4H6O4/c1-17-13-21-23(28-17)15-19-9-5-6-10-22(19)26-24(21)27-12-11-25-20(16-27)14-18-7-3-2-4-8-18;5-3(6)1-2-4(7)8/h2-10,13,20,25H,11-12,14-16H2,1H3;1-2H2,(H,5,6)(H,7,8)/t20-;/m0./s1. The van der Waals surface area contributed by atoms with Gasteiger partial charge in [0.25, 0.3) is 0 Å². The van der Waals surface area contributed by atoms with Gasteiger partial charge in [0, 0.05) is 47.4 Å². The Labute approximate surface area is 215 Å². The Kier molecular flexibility index (Phi) is 8.51. The van der Waals surface area contributed by atoms with E-state index in [9.17, 15) is 9.59 Å². The molecular formula is C28H31N3O4S. The summed E-state index contributed by atoms with van der Waals surface area (Å²) >= 11 is 1.92. The summed E-state index contributed by atoms with van der Waals surface area (Å²) in [6, 6.07) is 22.2. The number of thiophene rings is 1. The summed E-state index contributed by atoms with van der Waals surface area (Å²) in [5.74, 6) is -0.997. The average molecular weight is 506 g/mol. The summed E-state index contributed by atoms with van der Waals surface area (Å²) in [6.07, 6.45) is 1.44. The number of hydrogen-bond donors (Lipinski definition) is 3. The van der Waals surface area contributed by atoms with Crippen molar-refractivity contribution in [2.75, 3.05) is 19.6 Å². The lowest BCUT2D eigenvalue weighted by Crippen LogP contribution is -2.53. The van der Waals surface area contributed by atoms with Crippen LogP contribution >= 0.6 is 11.3 Å². The monoisotopic (exact) mass is 505 g/mol. The molecule has 2 aliphatic rings. The third-order valence-electron chi connectivity index (χ3n) is 6.17. The number of amidine groups is 1. The highest BCUT2D eigenvalue weighted by Gasteiger charge is 2.27. The van der Waals surface area contributed by atoms with Crippen molar-refractivity contribution in [2.24, 2.45) is 4.99 Å². The van der Waals surface area contributed by atoms with Gasteiger partial charge in [0.1, 0.15) is 5.84 Å². The predicted octanol–water partition coefficient (Wildman–Crippen LogP) is 4.49. The molecular weight excluding hydrogens is 474 g/mol. The molecule has 3 N–H and O–H groups in total. The first kappa shape index (κ1) is 25.6. The molecule has 3 aromatic rings. The maximum atomic E-state index is 9.64. The van der Waals surface area contributed by atoms with Crippen molar-refractivity contribution >= 4 is 34.8 Å². The van der Waals surface area contributed by atoms with E-state index in [1.54, 1.807) is 0 Å². The van der Waals surface area contributed by atoms with Crippen LogP contribution in [0.5, 0.6) is 0 Å². The molecule has 1 saturated heterocycles. The van der Waals surface area contributed by atoms with E-state index < -0.39 is 11.9 Å². The van der Waals surface area contributed by atoms with Crippen molar-refractivity contribution in [3.8, 4) is 0 Å². The summed E-state index contributed by atoms with van der Waals surface area (Å²) in [5.41, 5.74) is 5.18. The third-order valence-corrected chi connectivity index (χ3v) is 7.23. The Balaban J connectivity index is 0.000000331. The van der Waals surface area contributed by atoms with Crippen LogP contribution < -0.4 is 5.32 Å². The molecule has 5 rings (SSSR count). The maximum absolute atomic E-state index is 9.64. The van der Waals surface area contributed by atoms with Crippen LogP contribution in [0.2, 0.25) is 0 Å². The molecule has 7 nitrogen and oxygen atoms in total. The quantitative estimate of drug-likeness (QED) is 0.472. The van der Waals surface area contributed by atoms with Gasteiger partial charge >= 0.3 is 11.9 Å². The summed E-state index contributed by atoms with van der Waals surface area (Å²) in [5, 5.41) is 19.5. The van der Waals surface area contributed by atoms with Gasteiger partial charge in [-0.15, -0.1) is 11.3 Å². The lowest BCUT2D eigenvalue weighted by Gasteiger charge is -2.36. The minimum atomic E-state index is -1.08. The zero-order chi connectivity index (χ0) is 25.5. The molecule has 1 fully saturated rings. The van der Waals surface area contributed by atoms with Crippen molar-refractivity contribution < 1.29 is 19.8 Å². The van der Waals surface area contributed by atoms with Crippen LogP contribution in [0, 0.1) is 6.92 Å². The average Bonchev–Trinajstić information content (AvgIpc) is 3.15. The van der Waals surface area contributed by atoms with Gasteiger partial charge in [-0.1, -0.05) is 48.5 Å². The first-order valence-electron chi connectivity index (χ1n) is 12.1. The fourth-order valence-electron chi connectivity index (χ4n) is 4.51. The van der Waals surface area contributed by atoms with Crippen molar-refractivity contribution in [3.63, 3.8) is 0 Å². The summed E-state index contributed by atoms with van der Waals surface area (Å²) < 4.78 is 0. The number of carboxylic acids is 2. The van der Waals surface area contributed by atoms with Gasteiger partial charge in [-0.3, -0.25) is 9.59 Å². The van der Waals surface area contributed by atoms with E-state index in [0.717, 1.165) is 44.0 Å². The van der Waals surface area contributed by atoms with E-state index in [-0.39, 0.29) is 12.8 Å². The molecule has 36 heavy (non-hydrogen) atoms. The normalized spacial score (nSPS) is 16.5. The minimum absolute atomic E-state index is 0.296. The van der Waals surface area contributed by atoms with Crippen molar-refractivity contribution in [2.45, 2.75) is 38.6 Å². The fourth-order valence-corrected chi connectivity index (χ4v) is 5.56. The first-order chi connectivity index (χ1) is 17.4. The lowest BCUT2D eigenvalue weighted by atomic mass is 10.0. The number of fused-ring (bicyclic) bond motifs is 2. The number of nitrogens with one attached hydrogen (secondary N) is 1. The Morgan fingerprint density at radius 3 is 2.47 bits per heavy atom. The number of carbonyl (C=O) groups is 2. The third kappa shape index (κ3) is 6.80. The second-order valence-electron chi connectivity index (χ2n) is 9.01. The zero-order valence-electron chi connectivity index (χ0n) is 20.3. The molecule has 188 valence electrons. The van der Waals surface area contributed by atoms with E-state index in [0.29, 0.717) is 6.04 Å². The van der Waals surface area contributed by atoms with Crippen molar-refractivity contribution in [3.05, 3.63) is 87.1 Å². The largest absolute Gasteiger partial charge is 0.481 e. The van der Waals surface area contributed by atoms with E-state index in [4.69, 9.17) is 15.2 Å². The number of rotatable bonds is 5. The second kappa shape index (κ2) is 12.0. The Bertz CT molecular complexity index is 1220. The Morgan fingerprint density at radius 2 is 1.75 bits per heavy atom. The molecule has 0 spiro atoms. The predicted molar refractivity (Wildman–Crippen MR) is 143 cm³/mol. The van der Waals surface area contributed by atoms with Gasteiger partial charge in [-0.05, 0) is 36.6 Å². The highest BCUT2D eigenvalue weighted by atomic mass is 32.1. The number of aliphatic imine (C=N–C) groups is 1. The van der Waals surface area contributed by atoms with Gasteiger partial charge in [0.05, 0.1) is 18.5 Å². The van der Waals surface area contributed by atoms with E-state index in [1.165, 1.54) is 26.4 Å². The minimum Gasteiger partial charge on any atom is -0.481 e. The topological polar surface area (TPSA) is 102 Å². The van der Waals surface area contributed by atoms with Gasteiger partial charge < -0.3 is 20.4 Å². The molecule has 0 saturated carbocycles. The van der Waals surface area contributed by atoms with E-state index in [1.807, 2.05) is 11.3 Å². The maximum Gasteiger partial charge on any atom is 0.303 e. The molecule has 0 aliphatic carbocycles. The molecule has 1 aromatic heterocycles. The SMILES string of the molecule is Cc1cc2c(s1)Cc1ccccc1N=C2N1CCN[C@@H](Cc2ccccc2)C1.O=C(O)CCC(=O)O. The number of hydrogen-bond acceptors (Lipinski definition) is 6. The number of aryl methyl sites for hydroxylation is 1. The molecule has 3 heterocycles. The molecule has 8 heteroatoms. The molecule has 2 aromatic carbocycles. The molecule has 0 radical (unpaired) electrons. The number of para-hydroxylation sites is 1. The molecule has 1 atom stereocenters. The van der Waals surface area contributed by atoms with Gasteiger partial charge in [-0.2, -0.15) is 0 Å². The molecule has 0 bridgehead atoms. The summed E-state index contributed by atoms with van der Waals surface area (Å²) in [6.45, 7) is 5.19. The van der Waals surface area contributed by atoms with Gasteiger partial charge in [0.15, 0.2) is 0 Å². The van der Waals surface area contributed by atoms with E-state index >= 15 is 0 Å².